The van der Waals surface area contributed by atoms with Gasteiger partial charge in [-0.2, -0.15) is 0 Å². The van der Waals surface area contributed by atoms with E-state index in [2.05, 4.69) is 24.2 Å². The van der Waals surface area contributed by atoms with Crippen molar-refractivity contribution < 1.29 is 4.79 Å². The lowest BCUT2D eigenvalue weighted by Gasteiger charge is -1.98. The predicted octanol–water partition coefficient (Wildman–Crippen LogP) is 3.61. The summed E-state index contributed by atoms with van der Waals surface area (Å²) in [5.41, 5.74) is 4.70. The molecule has 0 aliphatic rings. The van der Waals surface area contributed by atoms with Crippen LogP contribution in [0.5, 0.6) is 0 Å². The van der Waals surface area contributed by atoms with Crippen LogP contribution in [-0.2, 0) is 0 Å². The summed E-state index contributed by atoms with van der Waals surface area (Å²) in [6.07, 6.45) is 1.32. The van der Waals surface area contributed by atoms with E-state index in [1.54, 1.807) is 6.07 Å². The molecule has 0 aliphatic carbocycles. The van der Waals surface area contributed by atoms with Gasteiger partial charge < -0.3 is 0 Å². The number of rotatable bonds is 2. The Morgan fingerprint density at radius 1 is 0.947 bits per heavy atom. The quantitative estimate of drug-likeness (QED) is 0.341. The van der Waals surface area contributed by atoms with E-state index < -0.39 is 0 Å². The van der Waals surface area contributed by atoms with Gasteiger partial charge in [-0.3, -0.25) is 4.79 Å². The fraction of sp³-hybridized carbons (Fsp3) is 0. The van der Waals surface area contributed by atoms with Gasteiger partial charge in [-0.25, -0.2) is 0 Å². The van der Waals surface area contributed by atoms with Crippen molar-refractivity contribution in [2.24, 2.45) is 0 Å². The summed E-state index contributed by atoms with van der Waals surface area (Å²) in [7, 11) is 0. The van der Waals surface area contributed by atoms with Gasteiger partial charge in [0, 0.05) is 22.8 Å². The van der Waals surface area contributed by atoms with E-state index in [1.165, 1.54) is 6.08 Å². The SMILES string of the molecule is C=C=CC(=O)c1ccccc1C#Cc1ccccc1. The Balaban J connectivity index is 2.39. The zero-order valence-corrected chi connectivity index (χ0v) is 10.4. The van der Waals surface area contributed by atoms with Gasteiger partial charge in [0.1, 0.15) is 0 Å². The van der Waals surface area contributed by atoms with Crippen molar-refractivity contribution in [3.05, 3.63) is 89.7 Å². The minimum absolute atomic E-state index is 0.132. The van der Waals surface area contributed by atoms with Crippen molar-refractivity contribution in [3.63, 3.8) is 0 Å². The smallest absolute Gasteiger partial charge is 0.194 e. The highest BCUT2D eigenvalue weighted by molar-refractivity contribution is 6.06. The highest BCUT2D eigenvalue weighted by Gasteiger charge is 2.05. The van der Waals surface area contributed by atoms with Crippen LogP contribution in [0.4, 0.5) is 0 Å². The second-order valence-corrected chi connectivity index (χ2v) is 3.87. The molecule has 0 unspecified atom stereocenters. The number of benzene rings is 2. The first-order valence-corrected chi connectivity index (χ1v) is 5.87. The lowest BCUT2D eigenvalue weighted by atomic mass is 10.0. The predicted molar refractivity (Wildman–Crippen MR) is 76.9 cm³/mol. The molecule has 0 atom stereocenters. The van der Waals surface area contributed by atoms with Crippen LogP contribution < -0.4 is 0 Å². The summed E-state index contributed by atoms with van der Waals surface area (Å²) < 4.78 is 0. The molecule has 1 heteroatoms. The summed E-state index contributed by atoms with van der Waals surface area (Å²) in [5, 5.41) is 0. The molecule has 2 aromatic rings. The van der Waals surface area contributed by atoms with Crippen molar-refractivity contribution in [2.45, 2.75) is 0 Å². The molecule has 2 rings (SSSR count). The van der Waals surface area contributed by atoms with E-state index in [9.17, 15) is 4.79 Å². The molecule has 0 radical (unpaired) electrons. The highest BCUT2D eigenvalue weighted by Crippen LogP contribution is 2.09. The van der Waals surface area contributed by atoms with Gasteiger partial charge in [0.2, 0.25) is 0 Å². The van der Waals surface area contributed by atoms with E-state index in [0.29, 0.717) is 11.1 Å². The van der Waals surface area contributed by atoms with Crippen LogP contribution in [0, 0.1) is 11.8 Å². The first-order chi connectivity index (χ1) is 9.31. The van der Waals surface area contributed by atoms with Gasteiger partial charge in [0.05, 0.1) is 0 Å². The minimum Gasteiger partial charge on any atom is -0.289 e. The van der Waals surface area contributed by atoms with E-state index in [1.807, 2.05) is 48.5 Å². The van der Waals surface area contributed by atoms with Gasteiger partial charge in [-0.05, 0) is 24.3 Å². The average molecular weight is 244 g/mol. The number of hydrogen-bond acceptors (Lipinski definition) is 1. The van der Waals surface area contributed by atoms with Gasteiger partial charge >= 0.3 is 0 Å². The first kappa shape index (κ1) is 12.6. The molecule has 0 aromatic heterocycles. The summed E-state index contributed by atoms with van der Waals surface area (Å²) in [5.74, 6) is 5.94. The molecule has 0 N–H and O–H groups in total. The molecule has 0 saturated heterocycles. The number of hydrogen-bond donors (Lipinski definition) is 0. The van der Waals surface area contributed by atoms with Crippen molar-refractivity contribution >= 4 is 5.78 Å². The summed E-state index contributed by atoms with van der Waals surface area (Å²) in [6.45, 7) is 3.41. The molecule has 0 spiro atoms. The van der Waals surface area contributed by atoms with Gasteiger partial charge in [0.25, 0.3) is 0 Å². The van der Waals surface area contributed by atoms with E-state index in [4.69, 9.17) is 0 Å². The van der Waals surface area contributed by atoms with E-state index >= 15 is 0 Å². The molecule has 19 heavy (non-hydrogen) atoms. The molecular formula is C18H12O. The molecule has 0 amide bonds. The molecule has 90 valence electrons. The van der Waals surface area contributed by atoms with Crippen LogP contribution >= 0.6 is 0 Å². The topological polar surface area (TPSA) is 17.1 Å². The van der Waals surface area contributed by atoms with Crippen molar-refractivity contribution in [1.29, 1.82) is 0 Å². The van der Waals surface area contributed by atoms with Crippen LogP contribution in [0.2, 0.25) is 0 Å². The normalized spacial score (nSPS) is 8.84. The minimum atomic E-state index is -0.132. The third-order valence-electron chi connectivity index (χ3n) is 2.54. The Hall–Kier alpha value is -2.81. The lowest BCUT2D eigenvalue weighted by molar-refractivity contribution is 0.104. The molecule has 1 nitrogen and oxygen atoms in total. The number of ketones is 1. The van der Waals surface area contributed by atoms with Crippen molar-refractivity contribution in [2.75, 3.05) is 0 Å². The summed E-state index contributed by atoms with van der Waals surface area (Å²) in [4.78, 5) is 11.9. The third-order valence-corrected chi connectivity index (χ3v) is 2.54. The fourth-order valence-corrected chi connectivity index (χ4v) is 1.64. The second-order valence-electron chi connectivity index (χ2n) is 3.87. The molecule has 2 aromatic carbocycles. The van der Waals surface area contributed by atoms with Crippen molar-refractivity contribution in [1.82, 2.24) is 0 Å². The number of carbonyl (C=O) groups is 1. The molecule has 0 aliphatic heterocycles. The van der Waals surface area contributed by atoms with Crippen LogP contribution in [0.15, 0.2) is 73.0 Å². The van der Waals surface area contributed by atoms with E-state index in [-0.39, 0.29) is 5.78 Å². The number of allylic oxidation sites excluding steroid dienone is 1. The average Bonchev–Trinajstić information content (AvgIpc) is 2.47. The van der Waals surface area contributed by atoms with Crippen LogP contribution in [0.25, 0.3) is 0 Å². The third kappa shape index (κ3) is 3.33. The molecule has 0 saturated carbocycles. The zero-order valence-electron chi connectivity index (χ0n) is 10.4. The second kappa shape index (κ2) is 6.21. The molecular weight excluding hydrogens is 232 g/mol. The Morgan fingerprint density at radius 2 is 1.63 bits per heavy atom. The van der Waals surface area contributed by atoms with Gasteiger partial charge in [-0.15, -0.1) is 5.73 Å². The van der Waals surface area contributed by atoms with Gasteiger partial charge in [-0.1, -0.05) is 48.8 Å². The zero-order chi connectivity index (χ0) is 13.5. The number of carbonyl (C=O) groups excluding carboxylic acids is 1. The van der Waals surface area contributed by atoms with E-state index in [0.717, 1.165) is 5.56 Å². The largest absolute Gasteiger partial charge is 0.289 e. The summed E-state index contributed by atoms with van der Waals surface area (Å²) >= 11 is 0. The molecule has 0 bridgehead atoms. The maximum Gasteiger partial charge on any atom is 0.194 e. The van der Waals surface area contributed by atoms with Crippen LogP contribution in [0.1, 0.15) is 21.5 Å². The maximum atomic E-state index is 11.9. The van der Waals surface area contributed by atoms with Crippen LogP contribution in [0.3, 0.4) is 0 Å². The highest BCUT2D eigenvalue weighted by atomic mass is 16.1. The van der Waals surface area contributed by atoms with Crippen molar-refractivity contribution in [3.8, 4) is 11.8 Å². The molecule has 0 heterocycles. The van der Waals surface area contributed by atoms with Gasteiger partial charge in [0.15, 0.2) is 5.78 Å². The standard InChI is InChI=1S/C18H12O/c1-2-8-18(19)17-12-7-6-11-16(17)14-13-15-9-4-3-5-10-15/h3-12H,1H2. The fourth-order valence-electron chi connectivity index (χ4n) is 1.64. The monoisotopic (exact) mass is 244 g/mol. The first-order valence-electron chi connectivity index (χ1n) is 5.87. The van der Waals surface area contributed by atoms with Crippen LogP contribution in [-0.4, -0.2) is 5.78 Å². The Kier molecular flexibility index (Phi) is 4.13. The Morgan fingerprint density at radius 3 is 2.37 bits per heavy atom. The lowest BCUT2D eigenvalue weighted by Crippen LogP contribution is -1.97. The Labute approximate surface area is 112 Å². The Bertz CT molecular complexity index is 693. The summed E-state index contributed by atoms with van der Waals surface area (Å²) in [6, 6.07) is 16.9. The molecule has 0 fully saturated rings. The maximum absolute atomic E-state index is 11.9.